The van der Waals surface area contributed by atoms with Gasteiger partial charge in [0.25, 0.3) is 0 Å². The van der Waals surface area contributed by atoms with E-state index in [1.165, 1.54) is 5.56 Å². The van der Waals surface area contributed by atoms with Gasteiger partial charge in [0.15, 0.2) is 0 Å². The average molecular weight is 275 g/mol. The van der Waals surface area contributed by atoms with Gasteiger partial charge in [-0.05, 0) is 30.4 Å². The maximum absolute atomic E-state index is 11.0. The molecule has 0 amide bonds. The van der Waals surface area contributed by atoms with E-state index in [2.05, 4.69) is 31.0 Å². The highest BCUT2D eigenvalue weighted by Gasteiger charge is 2.18. The third-order valence-electron chi connectivity index (χ3n) is 3.45. The Bertz CT molecular complexity index is 557. The molecule has 3 heteroatoms. The topological polar surface area (TPSA) is 53.1 Å². The predicted octanol–water partition coefficient (Wildman–Crippen LogP) is 4.86. The Morgan fingerprint density at radius 2 is 2.05 bits per heavy atom. The Labute approximate surface area is 121 Å². The van der Waals surface area contributed by atoms with Gasteiger partial charge in [0.1, 0.15) is 0 Å². The third-order valence-corrected chi connectivity index (χ3v) is 3.45. The Kier molecular flexibility index (Phi) is 6.29. The molecule has 2 rings (SSSR count). The van der Waals surface area contributed by atoms with E-state index in [1.807, 2.05) is 26.1 Å². The minimum atomic E-state index is -0.726. The zero-order chi connectivity index (χ0) is 15.1. The van der Waals surface area contributed by atoms with Crippen LogP contribution in [0.5, 0.6) is 0 Å². The molecule has 1 heterocycles. The number of aromatic nitrogens is 1. The van der Waals surface area contributed by atoms with Crippen molar-refractivity contribution >= 4 is 16.9 Å². The molecule has 0 radical (unpaired) electrons. The van der Waals surface area contributed by atoms with Crippen LogP contribution in [0, 0.1) is 6.92 Å². The van der Waals surface area contributed by atoms with Crippen molar-refractivity contribution in [3.63, 3.8) is 0 Å². The van der Waals surface area contributed by atoms with Gasteiger partial charge in [0.2, 0.25) is 0 Å². The van der Waals surface area contributed by atoms with Crippen molar-refractivity contribution in [2.75, 3.05) is 0 Å². The molecule has 3 nitrogen and oxygen atoms in total. The van der Waals surface area contributed by atoms with Crippen LogP contribution in [0.2, 0.25) is 0 Å². The summed E-state index contributed by atoms with van der Waals surface area (Å²) in [5, 5.41) is 10.2. The molecule has 0 aliphatic rings. The molecule has 2 aromatic rings. The van der Waals surface area contributed by atoms with Crippen LogP contribution in [0.3, 0.4) is 0 Å². The maximum atomic E-state index is 11.0. The normalized spacial score (nSPS) is 11.8. The lowest BCUT2D eigenvalue weighted by Gasteiger charge is -2.13. The van der Waals surface area contributed by atoms with Crippen LogP contribution in [-0.2, 0) is 4.79 Å². The summed E-state index contributed by atoms with van der Waals surface area (Å²) in [5.74, 6) is -0.626. The number of fused-ring (bicyclic) bond motifs is 1. The number of aryl methyl sites for hydroxylation is 1. The van der Waals surface area contributed by atoms with Crippen LogP contribution in [0.25, 0.3) is 10.9 Å². The fourth-order valence-corrected chi connectivity index (χ4v) is 2.59. The fraction of sp³-hybridized carbons (Fsp3) is 0.471. The van der Waals surface area contributed by atoms with E-state index in [4.69, 9.17) is 5.11 Å². The van der Waals surface area contributed by atoms with E-state index in [9.17, 15) is 4.79 Å². The van der Waals surface area contributed by atoms with Crippen molar-refractivity contribution in [1.82, 2.24) is 4.98 Å². The summed E-state index contributed by atoms with van der Waals surface area (Å²) in [6.45, 7) is 8.16. The van der Waals surface area contributed by atoms with Crippen molar-refractivity contribution < 1.29 is 9.90 Å². The van der Waals surface area contributed by atoms with E-state index in [0.717, 1.165) is 29.3 Å². The number of carboxylic acids is 1. The Balaban J connectivity index is 0.000000956. The van der Waals surface area contributed by atoms with E-state index in [0.29, 0.717) is 0 Å². The molecule has 1 aromatic heterocycles. The maximum Gasteiger partial charge on any atom is 0.303 e. The van der Waals surface area contributed by atoms with E-state index >= 15 is 0 Å². The summed E-state index contributed by atoms with van der Waals surface area (Å²) in [6.07, 6.45) is 4.08. The highest BCUT2D eigenvalue weighted by molar-refractivity contribution is 5.86. The summed E-state index contributed by atoms with van der Waals surface area (Å²) in [6, 6.07) is 6.16. The zero-order valence-electron chi connectivity index (χ0n) is 12.9. The number of carbonyl (C=O) groups is 1. The van der Waals surface area contributed by atoms with Gasteiger partial charge in [-0.15, -0.1) is 0 Å². The van der Waals surface area contributed by atoms with Crippen molar-refractivity contribution in [3.05, 3.63) is 35.5 Å². The monoisotopic (exact) mass is 275 g/mol. The molecule has 0 bridgehead atoms. The molecular weight excluding hydrogens is 250 g/mol. The van der Waals surface area contributed by atoms with Gasteiger partial charge >= 0.3 is 5.97 Å². The lowest BCUT2D eigenvalue weighted by molar-refractivity contribution is -0.137. The molecule has 2 N–H and O–H groups in total. The number of H-pyrrole nitrogens is 1. The lowest BCUT2D eigenvalue weighted by Crippen LogP contribution is -2.05. The molecule has 0 aliphatic carbocycles. The molecule has 1 atom stereocenters. The predicted molar refractivity (Wildman–Crippen MR) is 84.3 cm³/mol. The molecular formula is C17H25NO2. The van der Waals surface area contributed by atoms with E-state index in [1.54, 1.807) is 0 Å². The largest absolute Gasteiger partial charge is 0.481 e. The van der Waals surface area contributed by atoms with Crippen LogP contribution in [0.15, 0.2) is 24.4 Å². The van der Waals surface area contributed by atoms with Crippen LogP contribution in [0.1, 0.15) is 57.1 Å². The minimum Gasteiger partial charge on any atom is -0.481 e. The number of para-hydroxylation sites is 1. The lowest BCUT2D eigenvalue weighted by atomic mass is 9.91. The number of aromatic amines is 1. The molecule has 1 aromatic carbocycles. The van der Waals surface area contributed by atoms with Crippen LogP contribution >= 0.6 is 0 Å². The number of aliphatic carboxylic acids is 1. The molecule has 20 heavy (non-hydrogen) atoms. The molecule has 0 fully saturated rings. The van der Waals surface area contributed by atoms with Gasteiger partial charge in [-0.1, -0.05) is 45.4 Å². The van der Waals surface area contributed by atoms with Crippen molar-refractivity contribution in [2.45, 2.75) is 52.9 Å². The molecule has 0 spiro atoms. The number of nitrogens with one attached hydrogen (secondary N) is 1. The van der Waals surface area contributed by atoms with Crippen LogP contribution in [0.4, 0.5) is 0 Å². The van der Waals surface area contributed by atoms with Crippen LogP contribution in [-0.4, -0.2) is 16.1 Å². The van der Waals surface area contributed by atoms with Crippen molar-refractivity contribution in [2.24, 2.45) is 0 Å². The quantitative estimate of drug-likeness (QED) is 0.818. The summed E-state index contributed by atoms with van der Waals surface area (Å²) in [5.41, 5.74) is 3.46. The van der Waals surface area contributed by atoms with Gasteiger partial charge < -0.3 is 10.1 Å². The van der Waals surface area contributed by atoms with E-state index < -0.39 is 5.97 Å². The second-order valence-corrected chi connectivity index (χ2v) is 4.82. The standard InChI is InChI=1S/C15H19NO2.C2H6/c1-3-5-11(8-14(17)18)13-9-16-15-10(2)6-4-7-12(13)15;1-2/h4,6-7,9,11,16H,3,5,8H2,1-2H3,(H,17,18);1-2H3. The summed E-state index contributed by atoms with van der Waals surface area (Å²) >= 11 is 0. The summed E-state index contributed by atoms with van der Waals surface area (Å²) in [4.78, 5) is 14.2. The number of carboxylic acid groups (broad SMARTS) is 1. The van der Waals surface area contributed by atoms with Crippen LogP contribution < -0.4 is 0 Å². The van der Waals surface area contributed by atoms with Crippen molar-refractivity contribution in [1.29, 1.82) is 0 Å². The minimum absolute atomic E-state index is 0.100. The highest BCUT2D eigenvalue weighted by atomic mass is 16.4. The second-order valence-electron chi connectivity index (χ2n) is 4.82. The SMILES string of the molecule is CC.CCCC(CC(=O)O)c1c[nH]c2c(C)cccc12. The molecule has 0 saturated carbocycles. The smallest absolute Gasteiger partial charge is 0.303 e. The molecule has 0 aliphatic heterocycles. The Hall–Kier alpha value is -1.77. The number of hydrogen-bond acceptors (Lipinski definition) is 1. The Morgan fingerprint density at radius 1 is 1.35 bits per heavy atom. The second kappa shape index (κ2) is 7.73. The first kappa shape index (κ1) is 16.3. The first-order chi connectivity index (χ1) is 9.63. The fourth-order valence-electron chi connectivity index (χ4n) is 2.59. The third kappa shape index (κ3) is 3.62. The first-order valence-electron chi connectivity index (χ1n) is 7.41. The highest BCUT2D eigenvalue weighted by Crippen LogP contribution is 2.32. The summed E-state index contributed by atoms with van der Waals surface area (Å²) in [7, 11) is 0. The first-order valence-corrected chi connectivity index (χ1v) is 7.41. The molecule has 110 valence electrons. The Morgan fingerprint density at radius 3 is 2.65 bits per heavy atom. The van der Waals surface area contributed by atoms with E-state index in [-0.39, 0.29) is 12.3 Å². The number of benzene rings is 1. The van der Waals surface area contributed by atoms with Gasteiger partial charge in [-0.3, -0.25) is 4.79 Å². The van der Waals surface area contributed by atoms with Gasteiger partial charge in [0, 0.05) is 17.1 Å². The zero-order valence-corrected chi connectivity index (χ0v) is 12.9. The number of hydrogen-bond donors (Lipinski definition) is 2. The van der Waals surface area contributed by atoms with Gasteiger partial charge in [-0.2, -0.15) is 0 Å². The van der Waals surface area contributed by atoms with Gasteiger partial charge in [-0.25, -0.2) is 0 Å². The molecule has 0 saturated heterocycles. The number of rotatable bonds is 5. The van der Waals surface area contributed by atoms with Crippen molar-refractivity contribution in [3.8, 4) is 0 Å². The average Bonchev–Trinajstić information content (AvgIpc) is 2.85. The summed E-state index contributed by atoms with van der Waals surface area (Å²) < 4.78 is 0. The van der Waals surface area contributed by atoms with Gasteiger partial charge in [0.05, 0.1) is 6.42 Å². The molecule has 1 unspecified atom stereocenters.